The first kappa shape index (κ1) is 54.3. The summed E-state index contributed by atoms with van der Waals surface area (Å²) in [6, 6.07) is 16.0. The number of carbonyl (C=O) groups excluding carboxylic acids is 4. The molecule has 0 unspecified atom stereocenters. The number of rotatable bonds is 32. The van der Waals surface area contributed by atoms with Gasteiger partial charge in [-0.3, -0.25) is 0 Å². The Labute approximate surface area is 409 Å². The van der Waals surface area contributed by atoms with Crippen molar-refractivity contribution in [1.29, 1.82) is 0 Å². The molecule has 3 aliphatic rings. The second kappa shape index (κ2) is 29.4. The summed E-state index contributed by atoms with van der Waals surface area (Å²) in [4.78, 5) is 58.7. The number of benzene rings is 2. The van der Waals surface area contributed by atoms with E-state index in [1.165, 1.54) is 141 Å². The highest BCUT2D eigenvalue weighted by Gasteiger charge is 2.57. The summed E-state index contributed by atoms with van der Waals surface area (Å²) in [6.45, 7) is 13.0. The number of anilines is 2. The van der Waals surface area contributed by atoms with Crippen LogP contribution in [0.5, 0.6) is 0 Å². The van der Waals surface area contributed by atoms with E-state index < -0.39 is 35.5 Å². The topological polar surface area (TPSA) is 112 Å². The molecule has 2 aromatic carbocycles. The van der Waals surface area contributed by atoms with Gasteiger partial charge in [0.05, 0.1) is 0 Å². The van der Waals surface area contributed by atoms with Gasteiger partial charge in [-0.2, -0.15) is 0 Å². The molecule has 2 heterocycles. The van der Waals surface area contributed by atoms with Gasteiger partial charge in [0.25, 0.3) is 11.6 Å². The van der Waals surface area contributed by atoms with E-state index in [1.54, 1.807) is 0 Å². The van der Waals surface area contributed by atoms with Crippen molar-refractivity contribution < 1.29 is 38.1 Å². The lowest BCUT2D eigenvalue weighted by Gasteiger charge is -2.46. The monoisotopic (exact) mass is 939 g/mol. The van der Waals surface area contributed by atoms with Crippen molar-refractivity contribution in [2.75, 3.05) is 36.0 Å². The minimum atomic E-state index is -1.54. The van der Waals surface area contributed by atoms with E-state index >= 15 is 0 Å². The maximum Gasteiger partial charge on any atom is 0.348 e. The summed E-state index contributed by atoms with van der Waals surface area (Å²) in [6.07, 6.45) is 33.0. The molecule has 2 spiro atoms. The summed E-state index contributed by atoms with van der Waals surface area (Å²) >= 11 is 0. The molecule has 1 aliphatic carbocycles. The molecule has 0 bridgehead atoms. The van der Waals surface area contributed by atoms with Gasteiger partial charge in [-0.25, -0.2) is 19.2 Å². The summed E-state index contributed by atoms with van der Waals surface area (Å²) < 4.78 is 23.3. The van der Waals surface area contributed by atoms with Crippen molar-refractivity contribution >= 4 is 47.4 Å². The molecule has 2 aliphatic heterocycles. The van der Waals surface area contributed by atoms with Crippen LogP contribution in [0, 0.1) is 0 Å². The van der Waals surface area contributed by atoms with Crippen LogP contribution in [0.3, 0.4) is 0 Å². The fourth-order valence-electron chi connectivity index (χ4n) is 9.73. The zero-order valence-electron chi connectivity index (χ0n) is 42.6. The minimum Gasteiger partial charge on any atom is -0.419 e. The second-order valence-corrected chi connectivity index (χ2v) is 19.7. The third-order valence-corrected chi connectivity index (χ3v) is 14.0. The number of carbonyl (C=O) groups is 4. The van der Waals surface area contributed by atoms with Crippen molar-refractivity contribution in [2.24, 2.45) is 0 Å². The lowest BCUT2D eigenvalue weighted by molar-refractivity contribution is -0.291. The second-order valence-electron chi connectivity index (χ2n) is 19.7. The molecule has 2 saturated heterocycles. The molecule has 0 radical (unpaired) electrons. The van der Waals surface area contributed by atoms with Gasteiger partial charge in [0.15, 0.2) is 0 Å². The largest absolute Gasteiger partial charge is 0.419 e. The van der Waals surface area contributed by atoms with Crippen molar-refractivity contribution in [3.05, 3.63) is 70.8 Å². The first-order valence-electron chi connectivity index (χ1n) is 27.2. The quantitative estimate of drug-likeness (QED) is 0.0304. The molecular weight excluding hydrogens is 853 g/mol. The Bertz CT molecular complexity index is 1680. The fourth-order valence-corrected chi connectivity index (χ4v) is 9.73. The number of hydrogen-bond acceptors (Lipinski definition) is 10. The normalized spacial score (nSPS) is 19.2. The first-order valence-corrected chi connectivity index (χ1v) is 27.2. The van der Waals surface area contributed by atoms with Gasteiger partial charge in [0.1, 0.15) is 11.1 Å². The van der Waals surface area contributed by atoms with E-state index in [0.717, 1.165) is 63.2 Å². The first-order chi connectivity index (χ1) is 33.1. The Kier molecular flexibility index (Phi) is 23.5. The van der Waals surface area contributed by atoms with Gasteiger partial charge in [-0.1, -0.05) is 180 Å². The minimum absolute atomic E-state index is 0.00848. The van der Waals surface area contributed by atoms with Crippen LogP contribution in [0.15, 0.2) is 59.7 Å². The fraction of sp³-hybridized carbons (Fsp3) is 0.655. The van der Waals surface area contributed by atoms with E-state index in [4.69, 9.17) is 18.9 Å². The van der Waals surface area contributed by atoms with E-state index in [2.05, 4.69) is 61.8 Å². The maximum absolute atomic E-state index is 13.4. The van der Waals surface area contributed by atoms with Gasteiger partial charge in [0, 0.05) is 63.2 Å². The van der Waals surface area contributed by atoms with Crippen LogP contribution >= 0.6 is 0 Å². The highest BCUT2D eigenvalue weighted by molar-refractivity contribution is 6.19. The van der Waals surface area contributed by atoms with Crippen LogP contribution in [-0.4, -0.2) is 61.6 Å². The standard InChI is InChI=1S/C58H86N2O8/c1-5-9-13-17-21-25-41-59(42-26-22-18-14-10-6-2)49-33-29-47(30-34-49)45-51-53(61)65-57(66-54(51)62)37-39-58(40-38-57)67-55(63)52(56(64)68-58)46-48-31-35-50(36-32-48)60(43-27-23-19-15-11-7-3)44-28-24-20-16-12-8-4/h29-36,45-46H,5-28,37-44H2,1-4H3. The summed E-state index contributed by atoms with van der Waals surface area (Å²) in [5.41, 5.74) is 3.31. The van der Waals surface area contributed by atoms with Crippen LogP contribution in [0.2, 0.25) is 0 Å². The van der Waals surface area contributed by atoms with Gasteiger partial charge in [-0.05, 0) is 73.2 Å². The average molecular weight is 939 g/mol. The number of ether oxygens (including phenoxy) is 4. The Morgan fingerprint density at radius 1 is 0.368 bits per heavy atom. The Morgan fingerprint density at radius 3 is 0.853 bits per heavy atom. The smallest absolute Gasteiger partial charge is 0.348 e. The highest BCUT2D eigenvalue weighted by Crippen LogP contribution is 2.45. The summed E-state index contributed by atoms with van der Waals surface area (Å²) in [5.74, 6) is -6.15. The zero-order chi connectivity index (χ0) is 48.5. The Balaban J connectivity index is 1.14. The van der Waals surface area contributed by atoms with Crippen molar-refractivity contribution in [3.8, 4) is 0 Å². The van der Waals surface area contributed by atoms with Crippen LogP contribution < -0.4 is 9.80 Å². The Morgan fingerprint density at radius 2 is 0.603 bits per heavy atom. The van der Waals surface area contributed by atoms with E-state index in [1.807, 2.05) is 24.3 Å². The third-order valence-electron chi connectivity index (χ3n) is 14.0. The zero-order valence-corrected chi connectivity index (χ0v) is 42.6. The number of esters is 4. The van der Waals surface area contributed by atoms with E-state index in [0.29, 0.717) is 11.1 Å². The van der Waals surface area contributed by atoms with Gasteiger partial charge >= 0.3 is 23.9 Å². The highest BCUT2D eigenvalue weighted by atomic mass is 16.8. The molecule has 0 aromatic heterocycles. The van der Waals surface area contributed by atoms with E-state index in [-0.39, 0.29) is 36.8 Å². The molecule has 2 aromatic rings. The molecule has 10 heteroatoms. The Hall–Kier alpha value is -4.60. The number of unbranched alkanes of at least 4 members (excludes halogenated alkanes) is 20. The van der Waals surface area contributed by atoms with Crippen LogP contribution in [0.1, 0.15) is 219 Å². The van der Waals surface area contributed by atoms with Crippen LogP contribution in [-0.2, 0) is 38.1 Å². The van der Waals surface area contributed by atoms with Gasteiger partial charge in [0.2, 0.25) is 0 Å². The third kappa shape index (κ3) is 17.4. The predicted octanol–water partition coefficient (Wildman–Crippen LogP) is 14.4. The number of nitrogens with zero attached hydrogens (tertiary/aromatic N) is 2. The van der Waals surface area contributed by atoms with E-state index in [9.17, 15) is 19.2 Å². The van der Waals surface area contributed by atoms with Gasteiger partial charge < -0.3 is 28.7 Å². The molecular formula is C58H86N2O8. The SMILES string of the molecule is CCCCCCCCN(CCCCCCCC)c1ccc(C=C2C(=O)OC3(CCC4(CC3)OC(=O)C(=Cc3ccc(N(CCCCCCCC)CCCCCCCC)cc3)C(=O)O4)OC2=O)cc1. The molecule has 0 amide bonds. The molecule has 10 nitrogen and oxygen atoms in total. The van der Waals surface area contributed by atoms with Crippen molar-refractivity contribution in [2.45, 2.75) is 219 Å². The maximum atomic E-state index is 13.4. The summed E-state index contributed by atoms with van der Waals surface area (Å²) in [5, 5.41) is 0. The number of hydrogen-bond donors (Lipinski definition) is 0. The lowest BCUT2D eigenvalue weighted by atomic mass is 9.87. The molecule has 0 atom stereocenters. The molecule has 376 valence electrons. The molecule has 5 rings (SSSR count). The molecule has 1 saturated carbocycles. The van der Waals surface area contributed by atoms with Crippen molar-refractivity contribution in [1.82, 2.24) is 0 Å². The van der Waals surface area contributed by atoms with Gasteiger partial charge in [-0.15, -0.1) is 0 Å². The average Bonchev–Trinajstić information content (AvgIpc) is 3.33. The molecule has 3 fully saturated rings. The van der Waals surface area contributed by atoms with Crippen molar-refractivity contribution in [3.63, 3.8) is 0 Å². The van der Waals surface area contributed by atoms with Crippen LogP contribution in [0.25, 0.3) is 12.2 Å². The predicted molar refractivity (Wildman–Crippen MR) is 275 cm³/mol. The lowest BCUT2D eigenvalue weighted by Crippen LogP contribution is -2.56. The summed E-state index contributed by atoms with van der Waals surface area (Å²) in [7, 11) is 0. The molecule has 68 heavy (non-hydrogen) atoms. The van der Waals surface area contributed by atoms with Crippen LogP contribution in [0.4, 0.5) is 11.4 Å². The molecule has 0 N–H and O–H groups in total.